The molecule has 0 saturated carbocycles. The van der Waals surface area contributed by atoms with E-state index in [4.69, 9.17) is 9.68 Å². The van der Waals surface area contributed by atoms with Gasteiger partial charge in [-0.2, -0.15) is 0 Å². The van der Waals surface area contributed by atoms with Gasteiger partial charge in [0.25, 0.3) is 0 Å². The summed E-state index contributed by atoms with van der Waals surface area (Å²) >= 11 is 0. The highest BCUT2D eigenvalue weighted by Crippen LogP contribution is 2.10. The molecule has 0 bridgehead atoms. The number of hydrogen-bond acceptors (Lipinski definition) is 5. The summed E-state index contributed by atoms with van der Waals surface area (Å²) in [5.74, 6) is -1.30. The monoisotopic (exact) mass is 250 g/mol. The Labute approximate surface area is 101 Å². The van der Waals surface area contributed by atoms with Crippen molar-refractivity contribution in [2.75, 3.05) is 0 Å². The standard InChI is InChI=1S/C11H10N2O5/c1-7(14)17-12-9-5-3-4-6-10(9)13(11(12)16)18-8(2)15/h3-6H,1-2H3. The maximum absolute atomic E-state index is 11.9. The lowest BCUT2D eigenvalue weighted by molar-refractivity contribution is -0.143. The summed E-state index contributed by atoms with van der Waals surface area (Å²) in [6, 6.07) is 6.47. The van der Waals surface area contributed by atoms with E-state index in [9.17, 15) is 14.4 Å². The van der Waals surface area contributed by atoms with Crippen LogP contribution in [0.25, 0.3) is 11.0 Å². The second-order valence-corrected chi connectivity index (χ2v) is 3.53. The highest BCUT2D eigenvalue weighted by atomic mass is 16.7. The van der Waals surface area contributed by atoms with E-state index in [-0.39, 0.29) is 0 Å². The molecule has 2 aromatic rings. The molecule has 0 unspecified atom stereocenters. The molecular weight excluding hydrogens is 240 g/mol. The largest absolute Gasteiger partial charge is 0.396 e. The smallest absolute Gasteiger partial charge is 0.332 e. The Bertz CT molecular complexity index is 626. The van der Waals surface area contributed by atoms with Crippen LogP contribution in [0.5, 0.6) is 0 Å². The molecule has 0 radical (unpaired) electrons. The van der Waals surface area contributed by atoms with Crippen molar-refractivity contribution in [3.63, 3.8) is 0 Å². The number of nitrogens with zero attached hydrogens (tertiary/aromatic N) is 2. The molecule has 0 aliphatic heterocycles. The molecule has 1 heterocycles. The van der Waals surface area contributed by atoms with Crippen molar-refractivity contribution in [3.05, 3.63) is 34.7 Å². The van der Waals surface area contributed by atoms with Crippen molar-refractivity contribution in [2.24, 2.45) is 0 Å². The Morgan fingerprint density at radius 3 is 1.67 bits per heavy atom. The highest BCUT2D eigenvalue weighted by Gasteiger charge is 2.17. The maximum Gasteiger partial charge on any atom is 0.396 e. The number of hydrogen-bond donors (Lipinski definition) is 0. The molecule has 0 spiro atoms. The predicted octanol–water partition coefficient (Wildman–Crippen LogP) is -0.247. The molecule has 0 atom stereocenters. The maximum atomic E-state index is 11.9. The van der Waals surface area contributed by atoms with Gasteiger partial charge in [-0.25, -0.2) is 14.4 Å². The molecule has 0 N–H and O–H groups in total. The zero-order chi connectivity index (χ0) is 13.3. The first-order valence-electron chi connectivity index (χ1n) is 5.11. The van der Waals surface area contributed by atoms with Crippen LogP contribution in [0.15, 0.2) is 29.1 Å². The molecule has 2 rings (SSSR count). The first-order valence-corrected chi connectivity index (χ1v) is 5.11. The minimum absolute atomic E-state index is 0.332. The van der Waals surface area contributed by atoms with Crippen molar-refractivity contribution in [2.45, 2.75) is 13.8 Å². The van der Waals surface area contributed by atoms with Gasteiger partial charge in [-0.3, -0.25) is 0 Å². The van der Waals surface area contributed by atoms with Crippen molar-refractivity contribution < 1.29 is 19.3 Å². The topological polar surface area (TPSA) is 79.5 Å². The highest BCUT2D eigenvalue weighted by molar-refractivity contribution is 5.77. The van der Waals surface area contributed by atoms with Crippen LogP contribution in [0.1, 0.15) is 13.8 Å². The van der Waals surface area contributed by atoms with Gasteiger partial charge in [-0.05, 0) is 12.1 Å². The number of aromatic nitrogens is 2. The van der Waals surface area contributed by atoms with Crippen LogP contribution < -0.4 is 15.4 Å². The second kappa shape index (κ2) is 4.36. The van der Waals surface area contributed by atoms with Crippen molar-refractivity contribution in [3.8, 4) is 0 Å². The Kier molecular flexibility index (Phi) is 2.88. The molecule has 94 valence electrons. The SMILES string of the molecule is CC(=O)On1c(=O)n(OC(C)=O)c2ccccc21. The van der Waals surface area contributed by atoms with Crippen LogP contribution in [0.4, 0.5) is 0 Å². The van der Waals surface area contributed by atoms with Gasteiger partial charge in [0.15, 0.2) is 0 Å². The Balaban J connectivity index is 2.71. The molecule has 0 amide bonds. The van der Waals surface area contributed by atoms with Crippen LogP contribution in [-0.4, -0.2) is 21.4 Å². The zero-order valence-electron chi connectivity index (χ0n) is 9.75. The van der Waals surface area contributed by atoms with E-state index < -0.39 is 17.6 Å². The Morgan fingerprint density at radius 2 is 1.33 bits per heavy atom. The lowest BCUT2D eigenvalue weighted by Gasteiger charge is -1.99. The molecule has 1 aromatic heterocycles. The molecule has 0 aliphatic rings. The van der Waals surface area contributed by atoms with Crippen LogP contribution >= 0.6 is 0 Å². The third-order valence-electron chi connectivity index (χ3n) is 2.11. The average molecular weight is 250 g/mol. The number of para-hydroxylation sites is 2. The van der Waals surface area contributed by atoms with Crippen LogP contribution in [-0.2, 0) is 9.59 Å². The van der Waals surface area contributed by atoms with E-state index >= 15 is 0 Å². The normalized spacial score (nSPS) is 10.3. The number of rotatable bonds is 2. The van der Waals surface area contributed by atoms with Gasteiger partial charge in [-0.15, -0.1) is 9.46 Å². The first kappa shape index (κ1) is 11.9. The summed E-state index contributed by atoms with van der Waals surface area (Å²) < 4.78 is 1.56. The Hall–Kier alpha value is -2.57. The van der Waals surface area contributed by atoms with Gasteiger partial charge in [0.2, 0.25) is 0 Å². The molecular formula is C11H10N2O5. The summed E-state index contributed by atoms with van der Waals surface area (Å²) in [5.41, 5.74) is -0.0977. The number of fused-ring (bicyclic) bond motifs is 1. The molecule has 0 fully saturated rings. The van der Waals surface area contributed by atoms with Crippen LogP contribution in [0, 0.1) is 0 Å². The first-order chi connectivity index (χ1) is 8.50. The van der Waals surface area contributed by atoms with Gasteiger partial charge in [-0.1, -0.05) is 12.1 Å². The third kappa shape index (κ3) is 1.97. The molecule has 7 heteroatoms. The summed E-state index contributed by atoms with van der Waals surface area (Å²) in [4.78, 5) is 43.4. The van der Waals surface area contributed by atoms with E-state index in [0.29, 0.717) is 11.0 Å². The average Bonchev–Trinajstić information content (AvgIpc) is 2.54. The third-order valence-corrected chi connectivity index (χ3v) is 2.11. The Morgan fingerprint density at radius 1 is 0.944 bits per heavy atom. The van der Waals surface area contributed by atoms with Crippen molar-refractivity contribution >= 4 is 23.0 Å². The lowest BCUT2D eigenvalue weighted by Crippen LogP contribution is -2.35. The van der Waals surface area contributed by atoms with E-state index in [2.05, 4.69) is 0 Å². The van der Waals surface area contributed by atoms with Crippen LogP contribution in [0.2, 0.25) is 0 Å². The second-order valence-electron chi connectivity index (χ2n) is 3.53. The van der Waals surface area contributed by atoms with E-state index in [1.807, 2.05) is 0 Å². The van der Waals surface area contributed by atoms with E-state index in [1.165, 1.54) is 13.8 Å². The zero-order valence-corrected chi connectivity index (χ0v) is 9.75. The number of benzene rings is 1. The summed E-state index contributed by atoms with van der Waals surface area (Å²) in [6.07, 6.45) is 0. The molecule has 1 aromatic carbocycles. The molecule has 0 saturated heterocycles. The summed E-state index contributed by atoms with van der Waals surface area (Å²) in [5, 5.41) is 0. The quantitative estimate of drug-likeness (QED) is 0.734. The number of carbonyl (C=O) groups excluding carboxylic acids is 2. The summed E-state index contributed by atoms with van der Waals surface area (Å²) in [6.45, 7) is 2.34. The lowest BCUT2D eigenvalue weighted by atomic mass is 10.3. The van der Waals surface area contributed by atoms with Gasteiger partial charge in [0.05, 0.1) is 0 Å². The van der Waals surface area contributed by atoms with Gasteiger partial charge in [0.1, 0.15) is 11.0 Å². The fourth-order valence-corrected chi connectivity index (χ4v) is 1.53. The van der Waals surface area contributed by atoms with Gasteiger partial charge in [0, 0.05) is 13.8 Å². The summed E-state index contributed by atoms with van der Waals surface area (Å²) in [7, 11) is 0. The fourth-order valence-electron chi connectivity index (χ4n) is 1.53. The number of imidazole rings is 1. The molecule has 0 aliphatic carbocycles. The minimum atomic E-state index is -0.762. The number of carbonyl (C=O) groups is 2. The van der Waals surface area contributed by atoms with Crippen LogP contribution in [0.3, 0.4) is 0 Å². The van der Waals surface area contributed by atoms with Gasteiger partial charge >= 0.3 is 17.6 Å². The van der Waals surface area contributed by atoms with E-state index in [1.54, 1.807) is 24.3 Å². The molecule has 7 nitrogen and oxygen atoms in total. The van der Waals surface area contributed by atoms with Crippen molar-refractivity contribution in [1.29, 1.82) is 0 Å². The predicted molar refractivity (Wildman–Crippen MR) is 60.7 cm³/mol. The van der Waals surface area contributed by atoms with Gasteiger partial charge < -0.3 is 9.68 Å². The van der Waals surface area contributed by atoms with Crippen molar-refractivity contribution in [1.82, 2.24) is 9.46 Å². The molecule has 18 heavy (non-hydrogen) atoms. The minimum Gasteiger partial charge on any atom is -0.332 e. The van der Waals surface area contributed by atoms with E-state index in [0.717, 1.165) is 9.46 Å². The fraction of sp³-hybridized carbons (Fsp3) is 0.182.